The molecule has 0 bridgehead atoms. The number of nitrogens with zero attached hydrogens (tertiary/aromatic N) is 4. The molecule has 0 spiro atoms. The number of piperidine rings is 1. The number of carbonyl (C=O) groups is 1. The van der Waals surface area contributed by atoms with Gasteiger partial charge in [-0.25, -0.2) is 9.78 Å². The summed E-state index contributed by atoms with van der Waals surface area (Å²) in [5.74, 6) is 2.41. The van der Waals surface area contributed by atoms with Gasteiger partial charge in [0.05, 0.1) is 0 Å². The fourth-order valence-corrected chi connectivity index (χ4v) is 4.45. The van der Waals surface area contributed by atoms with Crippen molar-refractivity contribution in [2.75, 3.05) is 19.9 Å². The molecule has 1 N–H and O–H groups in total. The number of aromatic amines is 1. The van der Waals surface area contributed by atoms with Gasteiger partial charge in [-0.05, 0) is 37.0 Å². The molecule has 0 saturated carbocycles. The first-order valence-electron chi connectivity index (χ1n) is 10.7. The molecule has 1 fully saturated rings. The number of H-pyrrole nitrogens is 1. The van der Waals surface area contributed by atoms with Gasteiger partial charge >= 0.3 is 5.69 Å². The Kier molecular flexibility index (Phi) is 4.99. The predicted octanol–water partition coefficient (Wildman–Crippen LogP) is 1.03. The highest BCUT2D eigenvalue weighted by Gasteiger charge is 2.27. The topological polar surface area (TPSA) is 111 Å². The Balaban J connectivity index is 1.22. The quantitative estimate of drug-likeness (QED) is 0.650. The third-order valence-corrected chi connectivity index (χ3v) is 6.41. The van der Waals surface area contributed by atoms with E-state index >= 15 is 0 Å². The molecule has 2 aliphatic rings. The van der Waals surface area contributed by atoms with Gasteiger partial charge in [0, 0.05) is 39.5 Å². The van der Waals surface area contributed by atoms with E-state index in [1.165, 1.54) is 11.6 Å². The summed E-state index contributed by atoms with van der Waals surface area (Å²) in [5, 5.41) is 0. The first-order chi connectivity index (χ1) is 15.4. The number of benzene rings is 1. The lowest BCUT2D eigenvalue weighted by Gasteiger charge is -2.31. The molecule has 5 rings (SSSR count). The minimum Gasteiger partial charge on any atom is -0.454 e. The van der Waals surface area contributed by atoms with E-state index in [1.54, 1.807) is 7.05 Å². The molecule has 1 amide bonds. The molecule has 2 aromatic heterocycles. The van der Waals surface area contributed by atoms with Crippen LogP contribution in [0, 0.1) is 0 Å². The number of aromatic nitrogens is 4. The molecule has 4 heterocycles. The molecule has 10 nitrogen and oxygen atoms in total. The Morgan fingerprint density at radius 1 is 1.12 bits per heavy atom. The average molecular weight is 439 g/mol. The second-order valence-corrected chi connectivity index (χ2v) is 8.37. The number of aryl methyl sites for hydroxylation is 2. The summed E-state index contributed by atoms with van der Waals surface area (Å²) in [4.78, 5) is 46.8. The van der Waals surface area contributed by atoms with Gasteiger partial charge in [-0.3, -0.25) is 18.7 Å². The van der Waals surface area contributed by atoms with Crippen LogP contribution in [0.3, 0.4) is 0 Å². The van der Waals surface area contributed by atoms with E-state index in [2.05, 4.69) is 9.97 Å². The van der Waals surface area contributed by atoms with Gasteiger partial charge in [0.2, 0.25) is 12.7 Å². The fraction of sp³-hybridized carbons (Fsp3) is 0.455. The summed E-state index contributed by atoms with van der Waals surface area (Å²) in [5.41, 5.74) is 0.982. The highest BCUT2D eigenvalue weighted by atomic mass is 16.7. The number of rotatable bonds is 4. The van der Waals surface area contributed by atoms with Crippen molar-refractivity contribution >= 4 is 17.1 Å². The van der Waals surface area contributed by atoms with Crippen molar-refractivity contribution in [1.82, 2.24) is 24.0 Å². The van der Waals surface area contributed by atoms with E-state index < -0.39 is 5.69 Å². The van der Waals surface area contributed by atoms with Crippen LogP contribution < -0.4 is 20.7 Å². The number of imidazole rings is 1. The second kappa shape index (κ2) is 7.85. The number of hydrogen-bond donors (Lipinski definition) is 1. The molecule has 0 aliphatic carbocycles. The lowest BCUT2D eigenvalue weighted by atomic mass is 9.95. The van der Waals surface area contributed by atoms with Gasteiger partial charge in [-0.15, -0.1) is 0 Å². The zero-order valence-electron chi connectivity index (χ0n) is 18.1. The van der Waals surface area contributed by atoms with Crippen LogP contribution in [0.1, 0.15) is 36.6 Å². The minimum absolute atomic E-state index is 0.111. The maximum Gasteiger partial charge on any atom is 0.332 e. The van der Waals surface area contributed by atoms with E-state index in [0.29, 0.717) is 42.9 Å². The predicted molar refractivity (Wildman–Crippen MR) is 116 cm³/mol. The molecular weight excluding hydrogens is 414 g/mol. The minimum atomic E-state index is -0.400. The summed E-state index contributed by atoms with van der Waals surface area (Å²) in [6.45, 7) is 1.51. The van der Waals surface area contributed by atoms with Crippen LogP contribution in [-0.2, 0) is 25.3 Å². The molecule has 0 unspecified atom stereocenters. The highest BCUT2D eigenvalue weighted by Crippen LogP contribution is 2.33. The Labute approximate surface area is 183 Å². The van der Waals surface area contributed by atoms with Gasteiger partial charge in [0.15, 0.2) is 17.1 Å². The number of likely N-dealkylation sites (tertiary alicyclic amines) is 1. The molecule has 32 heavy (non-hydrogen) atoms. The Bertz CT molecular complexity index is 1310. The number of hydrogen-bond acceptors (Lipinski definition) is 6. The van der Waals surface area contributed by atoms with Crippen molar-refractivity contribution < 1.29 is 14.3 Å². The molecule has 0 radical (unpaired) electrons. The zero-order valence-corrected chi connectivity index (χ0v) is 18.1. The molecule has 1 aromatic carbocycles. The van der Waals surface area contributed by atoms with Crippen LogP contribution in [0.4, 0.5) is 0 Å². The largest absolute Gasteiger partial charge is 0.454 e. The van der Waals surface area contributed by atoms with Crippen LogP contribution >= 0.6 is 0 Å². The van der Waals surface area contributed by atoms with E-state index in [-0.39, 0.29) is 24.2 Å². The zero-order chi connectivity index (χ0) is 22.4. The van der Waals surface area contributed by atoms with Crippen LogP contribution in [0.15, 0.2) is 27.8 Å². The summed E-state index contributed by atoms with van der Waals surface area (Å²) >= 11 is 0. The van der Waals surface area contributed by atoms with Crippen molar-refractivity contribution in [3.8, 4) is 11.5 Å². The molecule has 3 aromatic rings. The van der Waals surface area contributed by atoms with Crippen molar-refractivity contribution in [1.29, 1.82) is 0 Å². The fourth-order valence-electron chi connectivity index (χ4n) is 4.45. The molecular formula is C22H25N5O5. The van der Waals surface area contributed by atoms with Crippen LogP contribution in [0.2, 0.25) is 0 Å². The monoisotopic (exact) mass is 439 g/mol. The summed E-state index contributed by atoms with van der Waals surface area (Å²) in [7, 11) is 3.06. The Morgan fingerprint density at radius 2 is 1.88 bits per heavy atom. The Hall–Kier alpha value is -3.56. The summed E-state index contributed by atoms with van der Waals surface area (Å²) in [6, 6.07) is 5.78. The van der Waals surface area contributed by atoms with Crippen LogP contribution in [0.25, 0.3) is 11.2 Å². The number of amides is 1. The molecule has 2 aliphatic heterocycles. The average Bonchev–Trinajstić information content (AvgIpc) is 3.47. The first-order valence-corrected chi connectivity index (χ1v) is 10.7. The van der Waals surface area contributed by atoms with Gasteiger partial charge in [0.25, 0.3) is 5.56 Å². The van der Waals surface area contributed by atoms with Gasteiger partial charge in [0.1, 0.15) is 11.3 Å². The normalized spacial score (nSPS) is 16.1. The highest BCUT2D eigenvalue weighted by molar-refractivity contribution is 5.76. The smallest absolute Gasteiger partial charge is 0.332 e. The second-order valence-electron chi connectivity index (χ2n) is 8.37. The van der Waals surface area contributed by atoms with Crippen LogP contribution in [0.5, 0.6) is 11.5 Å². The van der Waals surface area contributed by atoms with E-state index in [0.717, 1.165) is 34.5 Å². The molecule has 168 valence electrons. The third-order valence-electron chi connectivity index (χ3n) is 6.41. The van der Waals surface area contributed by atoms with Crippen molar-refractivity contribution in [2.24, 2.45) is 14.1 Å². The molecule has 10 heteroatoms. The van der Waals surface area contributed by atoms with E-state index in [4.69, 9.17) is 9.47 Å². The summed E-state index contributed by atoms with van der Waals surface area (Å²) in [6.07, 6.45) is 2.59. The SMILES string of the molecule is Cn1c(=O)c2[nH]c(C3CCN(C(=O)CCc4ccc5c(c4)OCO5)CC3)nc2n(C)c1=O. The maximum absolute atomic E-state index is 12.7. The van der Waals surface area contributed by atoms with E-state index in [9.17, 15) is 14.4 Å². The third kappa shape index (κ3) is 3.45. The number of nitrogens with one attached hydrogen (secondary N) is 1. The van der Waals surface area contributed by atoms with Crippen molar-refractivity contribution in [2.45, 2.75) is 31.6 Å². The van der Waals surface area contributed by atoms with Crippen LogP contribution in [-0.4, -0.2) is 49.8 Å². The van der Waals surface area contributed by atoms with Crippen molar-refractivity contribution in [3.05, 3.63) is 50.4 Å². The first kappa shape index (κ1) is 20.3. The molecule has 1 saturated heterocycles. The van der Waals surface area contributed by atoms with E-state index in [1.807, 2.05) is 23.1 Å². The number of ether oxygens (including phenoxy) is 2. The van der Waals surface area contributed by atoms with Gasteiger partial charge < -0.3 is 19.4 Å². The number of fused-ring (bicyclic) bond motifs is 2. The summed E-state index contributed by atoms with van der Waals surface area (Å²) < 4.78 is 13.2. The number of carbonyl (C=O) groups excluding carboxylic acids is 1. The maximum atomic E-state index is 12.7. The van der Waals surface area contributed by atoms with Gasteiger partial charge in [-0.2, -0.15) is 0 Å². The van der Waals surface area contributed by atoms with Gasteiger partial charge in [-0.1, -0.05) is 6.07 Å². The standard InChI is InChI=1S/C22H25N5O5/c1-25-20-18(21(29)26(2)22(25)30)23-19(24-20)14-7-9-27(10-8-14)17(28)6-4-13-3-5-15-16(11-13)32-12-31-15/h3,5,11,14H,4,6-10,12H2,1-2H3,(H,23,24). The molecule has 0 atom stereocenters. The Morgan fingerprint density at radius 3 is 2.66 bits per heavy atom. The van der Waals surface area contributed by atoms with Crippen molar-refractivity contribution in [3.63, 3.8) is 0 Å². The lowest BCUT2D eigenvalue weighted by Crippen LogP contribution is -2.38. The lowest BCUT2D eigenvalue weighted by molar-refractivity contribution is -0.132.